The third kappa shape index (κ3) is 6.21. The summed E-state index contributed by atoms with van der Waals surface area (Å²) in [6.07, 6.45) is 1.22. The van der Waals surface area contributed by atoms with Gasteiger partial charge in [0.25, 0.3) is 5.69 Å². The van der Waals surface area contributed by atoms with Crippen molar-refractivity contribution in [3.8, 4) is 11.5 Å². The summed E-state index contributed by atoms with van der Waals surface area (Å²) in [5.41, 5.74) is 4.07. The number of nitro benzene ring substituents is 1. The number of aromatic nitrogens is 3. The molecule has 0 amide bonds. The van der Waals surface area contributed by atoms with Gasteiger partial charge in [0.15, 0.2) is 0 Å². The number of nitrogens with zero attached hydrogens (tertiary/aromatic N) is 5. The Balaban J connectivity index is 1.60. The molecule has 182 valence electrons. The Kier molecular flexibility index (Phi) is 7.51. The zero-order valence-electron chi connectivity index (χ0n) is 18.7. The summed E-state index contributed by atoms with van der Waals surface area (Å²) in [5.74, 6) is 1.06. The molecule has 1 aromatic heterocycles. The summed E-state index contributed by atoms with van der Waals surface area (Å²) < 4.78 is 5.34. The standard InChI is InChI=1S/C23H19BrN8O4/c1-36-18-9-7-16(8-10-18)27-22-28-21(26-15-5-3-2-4-6-15)29-23(30-22)31-25-13-14-11-17(32(34)35)12-19(24)20(14)33/h2-13,33H,1H3,(H3,26,27,28,29,30,31). The number of halogens is 1. The first kappa shape index (κ1) is 24.3. The summed E-state index contributed by atoms with van der Waals surface area (Å²) in [6.45, 7) is 0. The molecule has 13 heteroatoms. The van der Waals surface area contributed by atoms with Gasteiger partial charge in [-0.15, -0.1) is 0 Å². The predicted molar refractivity (Wildman–Crippen MR) is 140 cm³/mol. The van der Waals surface area contributed by atoms with Crippen LogP contribution in [0.2, 0.25) is 0 Å². The number of hydrogen-bond acceptors (Lipinski definition) is 11. The van der Waals surface area contributed by atoms with E-state index in [4.69, 9.17) is 4.74 Å². The lowest BCUT2D eigenvalue weighted by Crippen LogP contribution is -2.07. The van der Waals surface area contributed by atoms with E-state index >= 15 is 0 Å². The zero-order chi connectivity index (χ0) is 25.5. The molecule has 1 heterocycles. The minimum atomic E-state index is -0.570. The highest BCUT2D eigenvalue weighted by atomic mass is 79.9. The molecule has 0 saturated heterocycles. The average Bonchev–Trinajstić information content (AvgIpc) is 2.87. The number of benzene rings is 3. The van der Waals surface area contributed by atoms with E-state index in [-0.39, 0.29) is 39.3 Å². The highest BCUT2D eigenvalue weighted by Crippen LogP contribution is 2.31. The third-order valence-electron chi connectivity index (χ3n) is 4.67. The summed E-state index contributed by atoms with van der Waals surface area (Å²) >= 11 is 3.10. The van der Waals surface area contributed by atoms with E-state index in [1.807, 2.05) is 30.3 Å². The number of phenols is 1. The van der Waals surface area contributed by atoms with Crippen molar-refractivity contribution in [1.82, 2.24) is 15.0 Å². The van der Waals surface area contributed by atoms with E-state index in [2.05, 4.69) is 52.0 Å². The monoisotopic (exact) mass is 550 g/mol. The minimum Gasteiger partial charge on any atom is -0.506 e. The quantitative estimate of drug-likeness (QED) is 0.124. The van der Waals surface area contributed by atoms with Crippen LogP contribution in [0.15, 0.2) is 76.3 Å². The molecule has 0 unspecified atom stereocenters. The first-order valence-electron chi connectivity index (χ1n) is 10.4. The topological polar surface area (TPSA) is 160 Å². The van der Waals surface area contributed by atoms with Gasteiger partial charge < -0.3 is 20.5 Å². The first-order chi connectivity index (χ1) is 17.4. The van der Waals surface area contributed by atoms with Gasteiger partial charge >= 0.3 is 0 Å². The van der Waals surface area contributed by atoms with Crippen LogP contribution in [0, 0.1) is 10.1 Å². The molecule has 36 heavy (non-hydrogen) atoms. The first-order valence-corrected chi connectivity index (χ1v) is 11.2. The fourth-order valence-electron chi connectivity index (χ4n) is 2.96. The maximum atomic E-state index is 11.1. The number of nitrogens with one attached hydrogen (secondary N) is 3. The second kappa shape index (κ2) is 11.1. The van der Waals surface area contributed by atoms with Crippen LogP contribution in [-0.2, 0) is 0 Å². The van der Waals surface area contributed by atoms with Crippen molar-refractivity contribution < 1.29 is 14.8 Å². The van der Waals surface area contributed by atoms with Crippen molar-refractivity contribution >= 4 is 57.1 Å². The van der Waals surface area contributed by atoms with E-state index in [0.717, 1.165) is 5.69 Å². The molecule has 4 N–H and O–H groups in total. The number of non-ortho nitro benzene ring substituents is 1. The number of methoxy groups -OCH3 is 1. The molecule has 0 aliphatic heterocycles. The van der Waals surface area contributed by atoms with Crippen LogP contribution in [0.1, 0.15) is 5.56 Å². The highest BCUT2D eigenvalue weighted by molar-refractivity contribution is 9.10. The second-order valence-electron chi connectivity index (χ2n) is 7.14. The van der Waals surface area contributed by atoms with Crippen LogP contribution >= 0.6 is 15.9 Å². The number of hydrazone groups is 1. The molecule has 4 aromatic rings. The van der Waals surface area contributed by atoms with Crippen molar-refractivity contribution in [1.29, 1.82) is 0 Å². The summed E-state index contributed by atoms with van der Waals surface area (Å²) in [6, 6.07) is 18.9. The summed E-state index contributed by atoms with van der Waals surface area (Å²) in [5, 5.41) is 31.5. The summed E-state index contributed by atoms with van der Waals surface area (Å²) in [7, 11) is 1.58. The number of ether oxygens (including phenoxy) is 1. The third-order valence-corrected chi connectivity index (χ3v) is 5.27. The Labute approximate surface area is 213 Å². The Morgan fingerprint density at radius 3 is 2.19 bits per heavy atom. The number of rotatable bonds is 9. The fraction of sp³-hybridized carbons (Fsp3) is 0.0435. The van der Waals surface area contributed by atoms with Gasteiger partial charge in [0.1, 0.15) is 11.5 Å². The van der Waals surface area contributed by atoms with Crippen LogP contribution in [0.5, 0.6) is 11.5 Å². The normalized spacial score (nSPS) is 10.7. The van der Waals surface area contributed by atoms with Gasteiger partial charge in [0, 0.05) is 29.1 Å². The average molecular weight is 551 g/mol. The van der Waals surface area contributed by atoms with Crippen LogP contribution in [0.25, 0.3) is 0 Å². The molecular formula is C23H19BrN8O4. The number of aromatic hydroxyl groups is 1. The maximum absolute atomic E-state index is 11.1. The molecule has 0 bridgehead atoms. The van der Waals surface area contributed by atoms with E-state index in [1.54, 1.807) is 31.4 Å². The van der Waals surface area contributed by atoms with Crippen LogP contribution in [0.3, 0.4) is 0 Å². The minimum absolute atomic E-state index is 0.0830. The number of para-hydroxylation sites is 1. The van der Waals surface area contributed by atoms with Gasteiger partial charge in [0.2, 0.25) is 17.8 Å². The lowest BCUT2D eigenvalue weighted by atomic mass is 10.2. The van der Waals surface area contributed by atoms with Gasteiger partial charge in [-0.2, -0.15) is 20.1 Å². The number of hydrogen-bond donors (Lipinski definition) is 4. The van der Waals surface area contributed by atoms with Gasteiger partial charge in [-0.3, -0.25) is 10.1 Å². The van der Waals surface area contributed by atoms with E-state index in [1.165, 1.54) is 18.3 Å². The lowest BCUT2D eigenvalue weighted by Gasteiger charge is -2.10. The van der Waals surface area contributed by atoms with Crippen molar-refractivity contribution in [3.05, 3.63) is 86.9 Å². The summed E-state index contributed by atoms with van der Waals surface area (Å²) in [4.78, 5) is 23.6. The molecule has 3 aromatic carbocycles. The van der Waals surface area contributed by atoms with Crippen LogP contribution in [-0.4, -0.2) is 38.3 Å². The Morgan fingerprint density at radius 2 is 1.58 bits per heavy atom. The van der Waals surface area contributed by atoms with Gasteiger partial charge in [-0.05, 0) is 52.3 Å². The largest absolute Gasteiger partial charge is 0.506 e. The van der Waals surface area contributed by atoms with E-state index in [0.29, 0.717) is 11.4 Å². The molecule has 0 aliphatic carbocycles. The number of phenolic OH excluding ortho intramolecular Hbond substituents is 1. The molecule has 0 spiro atoms. The lowest BCUT2D eigenvalue weighted by molar-refractivity contribution is -0.385. The molecule has 0 aliphatic rings. The van der Waals surface area contributed by atoms with E-state index < -0.39 is 4.92 Å². The zero-order valence-corrected chi connectivity index (χ0v) is 20.3. The fourth-order valence-corrected chi connectivity index (χ4v) is 3.42. The smallest absolute Gasteiger partial charge is 0.271 e. The van der Waals surface area contributed by atoms with Crippen molar-refractivity contribution in [2.24, 2.45) is 5.10 Å². The Morgan fingerprint density at radius 1 is 0.972 bits per heavy atom. The SMILES string of the molecule is COc1ccc(Nc2nc(NN=Cc3cc([N+](=O)[O-])cc(Br)c3O)nc(Nc3ccccc3)n2)cc1. The van der Waals surface area contributed by atoms with Crippen LogP contribution < -0.4 is 20.8 Å². The molecule has 0 fully saturated rings. The van der Waals surface area contributed by atoms with Crippen molar-refractivity contribution in [3.63, 3.8) is 0 Å². The Bertz CT molecular complexity index is 1400. The molecular weight excluding hydrogens is 532 g/mol. The Hall–Kier alpha value is -4.78. The highest BCUT2D eigenvalue weighted by Gasteiger charge is 2.14. The predicted octanol–water partition coefficient (Wildman–Crippen LogP) is 5.19. The van der Waals surface area contributed by atoms with Gasteiger partial charge in [-0.25, -0.2) is 5.43 Å². The van der Waals surface area contributed by atoms with Crippen molar-refractivity contribution in [2.75, 3.05) is 23.2 Å². The molecule has 0 radical (unpaired) electrons. The number of anilines is 5. The maximum Gasteiger partial charge on any atom is 0.271 e. The number of nitro groups is 1. The molecule has 0 saturated carbocycles. The molecule has 4 rings (SSSR count). The van der Waals surface area contributed by atoms with Crippen LogP contribution in [0.4, 0.5) is 34.9 Å². The van der Waals surface area contributed by atoms with Crippen molar-refractivity contribution in [2.45, 2.75) is 0 Å². The molecule has 12 nitrogen and oxygen atoms in total. The van der Waals surface area contributed by atoms with Gasteiger partial charge in [0.05, 0.1) is 22.7 Å². The van der Waals surface area contributed by atoms with E-state index in [9.17, 15) is 15.2 Å². The molecule has 0 atom stereocenters. The second-order valence-corrected chi connectivity index (χ2v) is 8.00. The van der Waals surface area contributed by atoms with Gasteiger partial charge in [-0.1, -0.05) is 18.2 Å².